The molecular formula is C41H60O6. The minimum atomic E-state index is -1.42. The van der Waals surface area contributed by atoms with Gasteiger partial charge in [-0.2, -0.15) is 0 Å². The number of carbonyl (C=O) groups excluding carboxylic acids is 1. The first-order valence-electron chi connectivity index (χ1n) is 19.1. The highest BCUT2D eigenvalue weighted by Gasteiger charge is 2.72. The lowest BCUT2D eigenvalue weighted by atomic mass is 9.42. The van der Waals surface area contributed by atoms with Crippen molar-refractivity contribution in [3.8, 4) is 0 Å². The van der Waals surface area contributed by atoms with E-state index >= 15 is 0 Å². The third kappa shape index (κ3) is 5.34. The van der Waals surface area contributed by atoms with Crippen LogP contribution in [0.1, 0.15) is 110 Å². The summed E-state index contributed by atoms with van der Waals surface area (Å²) in [5.74, 6) is 0.648. The minimum Gasteiger partial charge on any atom is -0.387 e. The molecule has 3 N–H and O–H groups in total. The number of aliphatic hydroxyl groups is 3. The maximum atomic E-state index is 14.2. The predicted molar refractivity (Wildman–Crippen MR) is 183 cm³/mol. The summed E-state index contributed by atoms with van der Waals surface area (Å²) >= 11 is 0. The second-order valence-electron chi connectivity index (χ2n) is 17.3. The molecule has 0 radical (unpaired) electrons. The summed E-state index contributed by atoms with van der Waals surface area (Å²) < 4.78 is 12.5. The van der Waals surface area contributed by atoms with Crippen LogP contribution in [-0.4, -0.2) is 63.8 Å². The number of ketones is 1. The molecule has 6 nitrogen and oxygen atoms in total. The van der Waals surface area contributed by atoms with Crippen molar-refractivity contribution in [1.82, 2.24) is 0 Å². The SMILES string of the molecule is C[C@H]1[C@@H]([C@@H](O)[C@@](C)(O)[C@H]2CC[C@@]3(O)C4=CC(=O)[C@@H]5C[C@@H](OCCc6ccccc6)CC[C@]5(C)[C@H]4CC[C@]23C2CCCCC2)OC[C@@H]1C. The van der Waals surface area contributed by atoms with Crippen LogP contribution in [0.3, 0.4) is 0 Å². The van der Waals surface area contributed by atoms with Crippen LogP contribution in [0.5, 0.6) is 0 Å². The number of fused-ring (bicyclic) bond motifs is 5. The van der Waals surface area contributed by atoms with Crippen LogP contribution in [0.15, 0.2) is 42.0 Å². The highest BCUT2D eigenvalue weighted by Crippen LogP contribution is 2.72. The molecule has 4 saturated carbocycles. The Balaban J connectivity index is 1.17. The minimum absolute atomic E-state index is 0.0825. The maximum Gasteiger partial charge on any atom is 0.159 e. The molecule has 6 aliphatic rings. The Kier molecular flexibility index (Phi) is 9.12. The summed E-state index contributed by atoms with van der Waals surface area (Å²) in [6.45, 7) is 9.66. The molecule has 6 heteroatoms. The van der Waals surface area contributed by atoms with Crippen molar-refractivity contribution in [1.29, 1.82) is 0 Å². The molecule has 5 fully saturated rings. The lowest BCUT2D eigenvalue weighted by Crippen LogP contribution is -2.66. The Hall–Kier alpha value is -1.57. The van der Waals surface area contributed by atoms with Crippen molar-refractivity contribution < 1.29 is 29.6 Å². The molecule has 1 aromatic carbocycles. The van der Waals surface area contributed by atoms with Crippen LogP contribution >= 0.6 is 0 Å². The number of rotatable bonds is 8. The molecular weight excluding hydrogens is 588 g/mol. The summed E-state index contributed by atoms with van der Waals surface area (Å²) in [6, 6.07) is 10.4. The average molecular weight is 649 g/mol. The third-order valence-corrected chi connectivity index (χ3v) is 15.1. The van der Waals surface area contributed by atoms with E-state index in [4.69, 9.17) is 9.47 Å². The first-order chi connectivity index (χ1) is 22.4. The van der Waals surface area contributed by atoms with Crippen LogP contribution in [0.2, 0.25) is 0 Å². The van der Waals surface area contributed by atoms with Crippen molar-refractivity contribution >= 4 is 5.78 Å². The number of allylic oxidation sites excluding steroid dienone is 1. The van der Waals surface area contributed by atoms with Gasteiger partial charge in [0.1, 0.15) is 6.10 Å². The van der Waals surface area contributed by atoms with E-state index in [-0.39, 0.29) is 46.9 Å². The van der Waals surface area contributed by atoms with E-state index in [0.29, 0.717) is 32.0 Å². The second-order valence-corrected chi connectivity index (χ2v) is 17.3. The quantitative estimate of drug-likeness (QED) is 0.286. The summed E-state index contributed by atoms with van der Waals surface area (Å²) in [5, 5.41) is 37.7. The fourth-order valence-corrected chi connectivity index (χ4v) is 12.3. The molecule has 0 unspecified atom stereocenters. The van der Waals surface area contributed by atoms with Crippen molar-refractivity contribution in [3.63, 3.8) is 0 Å². The number of aliphatic hydroxyl groups excluding tert-OH is 1. The standard InChI is InChI=1S/C41H60O6/c1-26-25-47-36(27(26)2)37(43)39(4,44)35-17-21-41(45)32-24-34(42)33-23-30(46-22-18-28-11-7-5-8-12-28)15-19-38(33,3)31(32)16-20-40(35,41)29-13-9-6-10-14-29/h5,7-8,11-12,24,26-27,29-31,33,35-37,43-45H,6,9-10,13-23,25H2,1-4H3/t26-,27+,30-,31-,33-,35+,36-,37+,38+,39-,40-,41+/m0/s1. The van der Waals surface area contributed by atoms with Gasteiger partial charge in [0.2, 0.25) is 0 Å². The zero-order chi connectivity index (χ0) is 33.2. The van der Waals surface area contributed by atoms with E-state index in [2.05, 4.69) is 45.0 Å². The van der Waals surface area contributed by atoms with Gasteiger partial charge in [0.15, 0.2) is 5.78 Å². The van der Waals surface area contributed by atoms with Gasteiger partial charge in [-0.15, -0.1) is 0 Å². The molecule has 0 aromatic heterocycles. The molecule has 260 valence electrons. The van der Waals surface area contributed by atoms with Crippen molar-refractivity contribution in [2.45, 2.75) is 141 Å². The fourth-order valence-electron chi connectivity index (χ4n) is 12.3. The first-order valence-corrected chi connectivity index (χ1v) is 19.1. The van der Waals surface area contributed by atoms with Gasteiger partial charge in [-0.25, -0.2) is 0 Å². The normalized spacial score (nSPS) is 44.2. The van der Waals surface area contributed by atoms with Crippen molar-refractivity contribution in [2.75, 3.05) is 13.2 Å². The lowest BCUT2D eigenvalue weighted by Gasteiger charge is -2.64. The van der Waals surface area contributed by atoms with Gasteiger partial charge >= 0.3 is 0 Å². The van der Waals surface area contributed by atoms with Crippen molar-refractivity contribution in [3.05, 3.63) is 47.5 Å². The molecule has 1 aromatic rings. The number of carbonyl (C=O) groups is 1. The van der Waals surface area contributed by atoms with Gasteiger partial charge in [0.05, 0.1) is 30.0 Å². The summed E-state index contributed by atoms with van der Waals surface area (Å²) in [6.07, 6.45) is 12.4. The Morgan fingerprint density at radius 2 is 1.74 bits per heavy atom. The van der Waals surface area contributed by atoms with Gasteiger partial charge in [-0.1, -0.05) is 70.4 Å². The Morgan fingerprint density at radius 1 is 1.00 bits per heavy atom. The van der Waals surface area contributed by atoms with E-state index < -0.39 is 28.8 Å². The Bertz CT molecular complexity index is 1320. The van der Waals surface area contributed by atoms with E-state index in [1.165, 1.54) is 12.0 Å². The third-order valence-electron chi connectivity index (χ3n) is 15.1. The number of ether oxygens (including phenoxy) is 2. The molecule has 0 spiro atoms. The van der Waals surface area contributed by atoms with E-state index in [1.54, 1.807) is 0 Å². The molecule has 1 heterocycles. The number of benzene rings is 1. The highest BCUT2D eigenvalue weighted by atomic mass is 16.5. The monoisotopic (exact) mass is 648 g/mol. The smallest absolute Gasteiger partial charge is 0.159 e. The van der Waals surface area contributed by atoms with Gasteiger partial charge in [-0.05, 0) is 123 Å². The zero-order valence-electron chi connectivity index (χ0n) is 29.3. The molecule has 5 aliphatic carbocycles. The molecule has 0 bridgehead atoms. The zero-order valence-corrected chi connectivity index (χ0v) is 29.3. The average Bonchev–Trinajstić information content (AvgIpc) is 3.58. The largest absolute Gasteiger partial charge is 0.387 e. The van der Waals surface area contributed by atoms with Crippen LogP contribution in [0.25, 0.3) is 0 Å². The molecule has 1 saturated heterocycles. The van der Waals surface area contributed by atoms with Crippen LogP contribution < -0.4 is 0 Å². The van der Waals surface area contributed by atoms with Crippen LogP contribution in [0, 0.1) is 46.3 Å². The van der Waals surface area contributed by atoms with Crippen LogP contribution in [-0.2, 0) is 20.7 Å². The first kappa shape index (κ1) is 33.9. The Morgan fingerprint density at radius 3 is 2.45 bits per heavy atom. The fraction of sp³-hybridized carbons (Fsp3) is 0.780. The molecule has 0 amide bonds. The topological polar surface area (TPSA) is 96.2 Å². The molecule has 7 rings (SSSR count). The summed E-state index contributed by atoms with van der Waals surface area (Å²) in [4.78, 5) is 14.2. The predicted octanol–water partition coefficient (Wildman–Crippen LogP) is 6.83. The van der Waals surface area contributed by atoms with E-state index in [9.17, 15) is 20.1 Å². The second kappa shape index (κ2) is 12.6. The molecule has 1 aliphatic heterocycles. The highest BCUT2D eigenvalue weighted by molar-refractivity contribution is 5.95. The van der Waals surface area contributed by atoms with Gasteiger partial charge in [0, 0.05) is 17.9 Å². The van der Waals surface area contributed by atoms with Gasteiger partial charge in [0.25, 0.3) is 0 Å². The molecule has 12 atom stereocenters. The lowest BCUT2D eigenvalue weighted by molar-refractivity contribution is -0.215. The van der Waals surface area contributed by atoms with Gasteiger partial charge < -0.3 is 24.8 Å². The number of hydrogen-bond donors (Lipinski definition) is 3. The van der Waals surface area contributed by atoms with Crippen molar-refractivity contribution in [2.24, 2.45) is 46.3 Å². The summed E-state index contributed by atoms with van der Waals surface area (Å²) in [7, 11) is 0. The van der Waals surface area contributed by atoms with Crippen LogP contribution in [0.4, 0.5) is 0 Å². The summed E-state index contributed by atoms with van der Waals surface area (Å²) in [5.41, 5.74) is -1.14. The maximum absolute atomic E-state index is 14.2. The van der Waals surface area contributed by atoms with E-state index in [0.717, 1.165) is 69.8 Å². The van der Waals surface area contributed by atoms with E-state index in [1.807, 2.05) is 19.1 Å². The molecule has 47 heavy (non-hydrogen) atoms. The number of hydrogen-bond acceptors (Lipinski definition) is 6. The van der Waals surface area contributed by atoms with Gasteiger partial charge in [-0.3, -0.25) is 4.79 Å². The Labute approximate surface area is 282 Å².